The number of nitrogens with zero attached hydrogens (tertiary/aromatic N) is 1. The molecule has 0 heterocycles. The third kappa shape index (κ3) is 6.69. The highest BCUT2D eigenvalue weighted by atomic mass is 32.2. The zero-order valence-electron chi connectivity index (χ0n) is 15.0. The molecule has 3 N–H and O–H groups in total. The van der Waals surface area contributed by atoms with Gasteiger partial charge in [-0.15, -0.1) is 0 Å². The second kappa shape index (κ2) is 11.1. The molecule has 1 amide bonds. The van der Waals surface area contributed by atoms with Gasteiger partial charge in [0.05, 0.1) is 7.11 Å². The van der Waals surface area contributed by atoms with Gasteiger partial charge in [-0.3, -0.25) is 4.79 Å². The standard InChI is InChI=1S/C18H23N3O4S/c1-12(13-4-6-15(25-2)7-5-13)20-11-14(10-19)17(22)21-16(18(23)24)8-9-26-3/h4-7,11-12,16,20H,8-9H2,1-3H3,(H,21,22)(H,23,24)/b14-11-. The van der Waals surface area contributed by atoms with Gasteiger partial charge in [-0.25, -0.2) is 4.79 Å². The summed E-state index contributed by atoms with van der Waals surface area (Å²) in [6.45, 7) is 1.88. The average molecular weight is 377 g/mol. The molecule has 1 rings (SSSR count). The van der Waals surface area contributed by atoms with Crippen LogP contribution in [0.25, 0.3) is 0 Å². The summed E-state index contributed by atoms with van der Waals surface area (Å²) in [6.07, 6.45) is 3.44. The van der Waals surface area contributed by atoms with E-state index >= 15 is 0 Å². The fourth-order valence-corrected chi connectivity index (χ4v) is 2.55. The van der Waals surface area contributed by atoms with Crippen LogP contribution in [0.2, 0.25) is 0 Å². The SMILES string of the molecule is COc1ccc(C(C)N/C=C(/C#N)C(=O)NC(CCSC)C(=O)O)cc1. The number of benzene rings is 1. The van der Waals surface area contributed by atoms with E-state index in [9.17, 15) is 14.9 Å². The maximum Gasteiger partial charge on any atom is 0.326 e. The van der Waals surface area contributed by atoms with Crippen molar-refractivity contribution in [3.63, 3.8) is 0 Å². The Bertz CT molecular complexity index is 683. The largest absolute Gasteiger partial charge is 0.497 e. The van der Waals surface area contributed by atoms with E-state index in [-0.39, 0.29) is 18.0 Å². The van der Waals surface area contributed by atoms with Gasteiger partial charge in [0.2, 0.25) is 0 Å². The van der Waals surface area contributed by atoms with Crippen molar-refractivity contribution in [3.8, 4) is 11.8 Å². The number of nitrogens with one attached hydrogen (secondary N) is 2. The van der Waals surface area contributed by atoms with Crippen LogP contribution in [0, 0.1) is 11.3 Å². The van der Waals surface area contributed by atoms with Crippen molar-refractivity contribution in [2.24, 2.45) is 0 Å². The fraction of sp³-hybridized carbons (Fsp3) is 0.389. The summed E-state index contributed by atoms with van der Waals surface area (Å²) in [4.78, 5) is 23.4. The van der Waals surface area contributed by atoms with E-state index in [1.807, 2.05) is 37.4 Å². The number of carbonyl (C=O) groups excluding carboxylic acids is 1. The second-order valence-corrected chi connectivity index (χ2v) is 6.46. The molecule has 26 heavy (non-hydrogen) atoms. The molecular formula is C18H23N3O4S. The number of amides is 1. The highest BCUT2D eigenvalue weighted by Gasteiger charge is 2.21. The van der Waals surface area contributed by atoms with Crippen LogP contribution >= 0.6 is 11.8 Å². The lowest BCUT2D eigenvalue weighted by molar-refractivity contribution is -0.141. The quantitative estimate of drug-likeness (QED) is 0.423. The summed E-state index contributed by atoms with van der Waals surface area (Å²) in [5.74, 6) is -0.506. The number of hydrogen-bond acceptors (Lipinski definition) is 6. The molecule has 0 aliphatic rings. The van der Waals surface area contributed by atoms with Crippen LogP contribution in [0.1, 0.15) is 24.9 Å². The van der Waals surface area contributed by atoms with E-state index in [1.54, 1.807) is 13.2 Å². The van der Waals surface area contributed by atoms with Crippen LogP contribution in [0.4, 0.5) is 0 Å². The van der Waals surface area contributed by atoms with Gasteiger partial charge in [0, 0.05) is 12.2 Å². The zero-order chi connectivity index (χ0) is 19.5. The maximum absolute atomic E-state index is 12.2. The summed E-state index contributed by atoms with van der Waals surface area (Å²) >= 11 is 1.49. The number of rotatable bonds is 10. The lowest BCUT2D eigenvalue weighted by atomic mass is 10.1. The van der Waals surface area contributed by atoms with Crippen molar-refractivity contribution in [3.05, 3.63) is 41.6 Å². The molecule has 8 heteroatoms. The normalized spacial score (nSPS) is 13.2. The summed E-state index contributed by atoms with van der Waals surface area (Å²) in [5, 5.41) is 23.7. The Morgan fingerprint density at radius 3 is 2.54 bits per heavy atom. The first-order valence-electron chi connectivity index (χ1n) is 7.95. The van der Waals surface area contributed by atoms with E-state index in [2.05, 4.69) is 10.6 Å². The first-order chi connectivity index (χ1) is 12.4. The van der Waals surface area contributed by atoms with Gasteiger partial charge in [0.1, 0.15) is 23.4 Å². The number of aliphatic carboxylic acids is 1. The van der Waals surface area contributed by atoms with Crippen LogP contribution in [0.15, 0.2) is 36.0 Å². The molecular weight excluding hydrogens is 354 g/mol. The number of methoxy groups -OCH3 is 1. The summed E-state index contributed by atoms with van der Waals surface area (Å²) in [6, 6.07) is 8.01. The molecule has 0 fully saturated rings. The highest BCUT2D eigenvalue weighted by Crippen LogP contribution is 2.17. The van der Waals surface area contributed by atoms with Crippen LogP contribution in [-0.4, -0.2) is 42.1 Å². The Kier molecular flexibility index (Phi) is 9.09. The number of carboxylic acids is 1. The maximum atomic E-state index is 12.2. The van der Waals surface area contributed by atoms with Crippen molar-refractivity contribution in [2.45, 2.75) is 25.4 Å². The topological polar surface area (TPSA) is 111 Å². The Morgan fingerprint density at radius 1 is 1.38 bits per heavy atom. The number of carboxylic acid groups (broad SMARTS) is 1. The van der Waals surface area contributed by atoms with Crippen LogP contribution < -0.4 is 15.4 Å². The highest BCUT2D eigenvalue weighted by molar-refractivity contribution is 7.98. The Hall–Kier alpha value is -2.66. The minimum Gasteiger partial charge on any atom is -0.497 e. The molecule has 0 saturated heterocycles. The van der Waals surface area contributed by atoms with E-state index in [0.29, 0.717) is 5.75 Å². The molecule has 2 atom stereocenters. The third-order valence-corrected chi connectivity index (χ3v) is 4.32. The monoisotopic (exact) mass is 377 g/mol. The van der Waals surface area contributed by atoms with Crippen LogP contribution in [0.3, 0.4) is 0 Å². The second-order valence-electron chi connectivity index (χ2n) is 5.48. The third-order valence-electron chi connectivity index (χ3n) is 3.67. The van der Waals surface area contributed by atoms with Crippen LogP contribution in [-0.2, 0) is 9.59 Å². The molecule has 0 radical (unpaired) electrons. The van der Waals surface area contributed by atoms with Gasteiger partial charge in [-0.05, 0) is 43.0 Å². The molecule has 0 spiro atoms. The Balaban J connectivity index is 2.74. The molecule has 0 aromatic heterocycles. The van der Waals surface area contributed by atoms with Gasteiger partial charge in [0.15, 0.2) is 0 Å². The van der Waals surface area contributed by atoms with Crippen molar-refractivity contribution in [2.75, 3.05) is 19.1 Å². The van der Waals surface area contributed by atoms with E-state index < -0.39 is 17.9 Å². The van der Waals surface area contributed by atoms with E-state index in [0.717, 1.165) is 11.3 Å². The van der Waals surface area contributed by atoms with Crippen molar-refractivity contribution in [1.29, 1.82) is 5.26 Å². The van der Waals surface area contributed by atoms with E-state index in [4.69, 9.17) is 9.84 Å². The molecule has 0 aliphatic carbocycles. The molecule has 0 bridgehead atoms. The minimum absolute atomic E-state index is 0.149. The molecule has 7 nitrogen and oxygen atoms in total. The lowest BCUT2D eigenvalue weighted by Crippen LogP contribution is -2.42. The minimum atomic E-state index is -1.12. The number of ether oxygens (including phenoxy) is 1. The predicted molar refractivity (Wildman–Crippen MR) is 101 cm³/mol. The first-order valence-corrected chi connectivity index (χ1v) is 9.35. The van der Waals surface area contributed by atoms with Gasteiger partial charge in [-0.1, -0.05) is 12.1 Å². The van der Waals surface area contributed by atoms with Gasteiger partial charge in [0.25, 0.3) is 5.91 Å². The average Bonchev–Trinajstić information content (AvgIpc) is 2.65. The summed E-state index contributed by atoms with van der Waals surface area (Å²) < 4.78 is 5.10. The van der Waals surface area contributed by atoms with Gasteiger partial charge in [-0.2, -0.15) is 17.0 Å². The Morgan fingerprint density at radius 2 is 2.04 bits per heavy atom. The molecule has 0 saturated carbocycles. The molecule has 2 unspecified atom stereocenters. The van der Waals surface area contributed by atoms with Gasteiger partial charge < -0.3 is 20.5 Å². The Labute approximate surface area is 157 Å². The summed E-state index contributed by atoms with van der Waals surface area (Å²) in [5.41, 5.74) is 0.767. The van der Waals surface area contributed by atoms with Crippen molar-refractivity contribution in [1.82, 2.24) is 10.6 Å². The number of carbonyl (C=O) groups is 2. The predicted octanol–water partition coefficient (Wildman–Crippen LogP) is 2.08. The zero-order valence-corrected chi connectivity index (χ0v) is 15.8. The number of hydrogen-bond donors (Lipinski definition) is 3. The molecule has 140 valence electrons. The molecule has 1 aromatic rings. The van der Waals surface area contributed by atoms with Crippen molar-refractivity contribution < 1.29 is 19.4 Å². The van der Waals surface area contributed by atoms with Gasteiger partial charge >= 0.3 is 5.97 Å². The van der Waals surface area contributed by atoms with Crippen molar-refractivity contribution >= 4 is 23.6 Å². The fourth-order valence-electron chi connectivity index (χ4n) is 2.07. The number of thioether (sulfide) groups is 1. The van der Waals surface area contributed by atoms with Crippen LogP contribution in [0.5, 0.6) is 5.75 Å². The smallest absolute Gasteiger partial charge is 0.326 e. The molecule has 0 aliphatic heterocycles. The summed E-state index contributed by atoms with van der Waals surface area (Å²) in [7, 11) is 1.58. The molecule has 1 aromatic carbocycles. The first kappa shape index (κ1) is 21.4. The lowest BCUT2D eigenvalue weighted by Gasteiger charge is -2.15. The number of nitriles is 1. The van der Waals surface area contributed by atoms with E-state index in [1.165, 1.54) is 18.0 Å².